The van der Waals surface area contributed by atoms with Crippen molar-refractivity contribution < 1.29 is 40.9 Å². The first-order valence-electron chi connectivity index (χ1n) is 15.7. The van der Waals surface area contributed by atoms with E-state index in [1.54, 1.807) is 0 Å². The number of nitrogens with zero attached hydrogens (tertiary/aromatic N) is 5. The van der Waals surface area contributed by atoms with E-state index in [2.05, 4.69) is 20.2 Å². The first kappa shape index (κ1) is 29.1. The van der Waals surface area contributed by atoms with Gasteiger partial charge in [-0.25, -0.2) is 31.3 Å². The second kappa shape index (κ2) is 10.2. The maximum atomic E-state index is 16.8. The molecule has 2 aromatic heterocycles. The lowest BCUT2D eigenvalue weighted by Crippen LogP contribution is -2.60. The van der Waals surface area contributed by atoms with Gasteiger partial charge in [0.1, 0.15) is 47.5 Å². The van der Waals surface area contributed by atoms with Crippen LogP contribution in [0.15, 0.2) is 12.1 Å². The van der Waals surface area contributed by atoms with Crippen LogP contribution in [0.5, 0.6) is 17.6 Å². The van der Waals surface area contributed by atoms with Gasteiger partial charge >= 0.3 is 6.01 Å². The summed E-state index contributed by atoms with van der Waals surface area (Å²) in [5.74, 6) is -9.29. The zero-order valence-corrected chi connectivity index (χ0v) is 24.8. The zero-order chi connectivity index (χ0) is 32.4. The van der Waals surface area contributed by atoms with Crippen molar-refractivity contribution in [1.82, 2.24) is 25.2 Å². The molecule has 0 unspecified atom stereocenters. The first-order chi connectivity index (χ1) is 22.6. The predicted molar refractivity (Wildman–Crippen MR) is 157 cm³/mol. The number of phenolic OH excluding ortho intramolecular Hbond substituents is 1. The summed E-state index contributed by atoms with van der Waals surface area (Å²) in [6, 6.07) is 1.40. The fourth-order valence-corrected chi connectivity index (χ4v) is 8.45. The van der Waals surface area contributed by atoms with E-state index in [4.69, 9.17) is 14.5 Å². The molecule has 7 heterocycles. The third-order valence-corrected chi connectivity index (χ3v) is 10.6. The summed E-state index contributed by atoms with van der Waals surface area (Å²) in [5.41, 5.74) is -2.03. The van der Waals surface area contributed by atoms with E-state index >= 15 is 8.78 Å². The predicted octanol–water partition coefficient (Wildman–Crippen LogP) is 4.90. The highest BCUT2D eigenvalue weighted by Gasteiger charge is 2.50. The van der Waals surface area contributed by atoms with Crippen LogP contribution in [-0.2, 0) is 0 Å². The number of hydrogen-bond donors (Lipinski definition) is 2. The van der Waals surface area contributed by atoms with Gasteiger partial charge < -0.3 is 24.8 Å². The Bertz CT molecular complexity index is 2000. The van der Waals surface area contributed by atoms with Crippen LogP contribution in [0.3, 0.4) is 0 Å². The Labute approximate surface area is 263 Å². The lowest BCUT2D eigenvalue weighted by Gasteiger charge is -2.40. The maximum absolute atomic E-state index is 16.8. The largest absolute Gasteiger partial charge is 0.508 e. The van der Waals surface area contributed by atoms with Crippen LogP contribution in [0.1, 0.15) is 32.1 Å². The molecule has 2 bridgehead atoms. The number of hydrogen-bond acceptors (Lipinski definition) is 9. The number of halogens is 6. The molecule has 0 aliphatic carbocycles. The molecule has 0 saturated carbocycles. The number of alkyl halides is 1. The number of nitrogens with one attached hydrogen (secondary N) is 1. The van der Waals surface area contributed by atoms with Crippen LogP contribution in [-0.4, -0.2) is 87.6 Å². The molecule has 0 amide bonds. The van der Waals surface area contributed by atoms with Crippen molar-refractivity contribution in [1.29, 1.82) is 0 Å². The van der Waals surface area contributed by atoms with Crippen molar-refractivity contribution >= 4 is 27.5 Å². The van der Waals surface area contributed by atoms with Crippen LogP contribution in [0.2, 0.25) is 0 Å². The third kappa shape index (κ3) is 4.21. The Morgan fingerprint density at radius 2 is 1.81 bits per heavy atom. The quantitative estimate of drug-likeness (QED) is 0.180. The zero-order valence-electron chi connectivity index (χ0n) is 24.8. The number of ether oxygens (including phenoxy) is 2. The first-order valence-corrected chi connectivity index (χ1v) is 15.7. The Kier molecular flexibility index (Phi) is 6.30. The fraction of sp³-hybridized carbons (Fsp3) is 0.469. The van der Waals surface area contributed by atoms with E-state index in [0.717, 1.165) is 38.3 Å². The van der Waals surface area contributed by atoms with Gasteiger partial charge in [-0.3, -0.25) is 4.90 Å². The molecule has 5 atom stereocenters. The number of piperazine rings is 1. The van der Waals surface area contributed by atoms with Gasteiger partial charge in [0.05, 0.1) is 11.6 Å². The van der Waals surface area contributed by atoms with E-state index in [0.29, 0.717) is 31.4 Å². The van der Waals surface area contributed by atoms with Crippen LogP contribution in [0.4, 0.5) is 32.2 Å². The second-order valence-electron chi connectivity index (χ2n) is 13.2. The normalized spacial score (nSPS) is 28.1. The molecule has 2 aromatic carbocycles. The van der Waals surface area contributed by atoms with Crippen molar-refractivity contribution in [3.05, 3.63) is 41.2 Å². The Hall–Kier alpha value is -4.11. The molecule has 5 aliphatic rings. The molecule has 9 rings (SSSR count). The van der Waals surface area contributed by atoms with Crippen molar-refractivity contribution in [2.75, 3.05) is 37.7 Å². The van der Waals surface area contributed by atoms with E-state index < -0.39 is 68.6 Å². The Balaban J connectivity index is 1.25. The van der Waals surface area contributed by atoms with Crippen molar-refractivity contribution in [3.8, 4) is 28.9 Å². The molecular formula is C32H28F6N6O3. The summed E-state index contributed by atoms with van der Waals surface area (Å²) in [5, 5.41) is 12.5. The number of phenols is 1. The van der Waals surface area contributed by atoms with Crippen LogP contribution in [0.25, 0.3) is 32.9 Å². The van der Waals surface area contributed by atoms with E-state index in [1.807, 2.05) is 4.90 Å². The number of aromatic hydroxyl groups is 1. The highest BCUT2D eigenvalue weighted by molar-refractivity contribution is 6.02. The van der Waals surface area contributed by atoms with E-state index in [9.17, 15) is 22.7 Å². The lowest BCUT2D eigenvalue weighted by atomic mass is 9.95. The summed E-state index contributed by atoms with van der Waals surface area (Å²) < 4.78 is 102. The Morgan fingerprint density at radius 1 is 0.979 bits per heavy atom. The molecule has 0 spiro atoms. The van der Waals surface area contributed by atoms with E-state index in [-0.39, 0.29) is 54.1 Å². The number of rotatable bonds is 4. The van der Waals surface area contributed by atoms with Gasteiger partial charge in [-0.2, -0.15) is 9.97 Å². The van der Waals surface area contributed by atoms with Gasteiger partial charge in [0.15, 0.2) is 29.1 Å². The molecule has 15 heteroatoms. The molecule has 0 radical (unpaired) electrons. The van der Waals surface area contributed by atoms with Gasteiger partial charge in [-0.1, -0.05) is 0 Å². The topological polar surface area (TPSA) is 95.9 Å². The number of benzene rings is 2. The summed E-state index contributed by atoms with van der Waals surface area (Å²) in [4.78, 5) is 17.6. The number of pyridine rings is 1. The average Bonchev–Trinajstić information content (AvgIpc) is 3.69. The summed E-state index contributed by atoms with van der Waals surface area (Å²) in [7, 11) is 0. The Morgan fingerprint density at radius 3 is 2.66 bits per heavy atom. The maximum Gasteiger partial charge on any atom is 0.319 e. The fourth-order valence-electron chi connectivity index (χ4n) is 8.45. The van der Waals surface area contributed by atoms with Crippen LogP contribution < -0.4 is 19.7 Å². The summed E-state index contributed by atoms with van der Waals surface area (Å²) >= 11 is 0. The van der Waals surface area contributed by atoms with Gasteiger partial charge in [0, 0.05) is 47.9 Å². The van der Waals surface area contributed by atoms with Crippen molar-refractivity contribution in [2.45, 2.75) is 61.9 Å². The van der Waals surface area contributed by atoms with E-state index in [1.165, 1.54) is 0 Å². The summed E-state index contributed by atoms with van der Waals surface area (Å²) in [6.07, 6.45) is 2.71. The third-order valence-electron chi connectivity index (χ3n) is 10.6. The standard InChI is InChI=1S/C32H28F6N6O3/c33-13-8-32(4-1-5-43(32)9-13)12-47-31-41-28-21-29(42-31)44-10-14-2-3-18(39-14)19(44)11-46-30(21)40-27(26(28)38)17-7-15(45)6-16-20(17)23(35)25(37)24(36)22(16)34/h6-7,13-14,18-19,39,45H,1-5,8-12H2/t13-,14-,18+,19-,32+/m1/s1. The molecule has 4 saturated heterocycles. The minimum absolute atomic E-state index is 0.0395. The van der Waals surface area contributed by atoms with Gasteiger partial charge in [0.2, 0.25) is 5.88 Å². The molecular weight excluding hydrogens is 630 g/mol. The van der Waals surface area contributed by atoms with Crippen molar-refractivity contribution in [3.63, 3.8) is 0 Å². The summed E-state index contributed by atoms with van der Waals surface area (Å²) in [6.45, 7) is 1.77. The van der Waals surface area contributed by atoms with Gasteiger partial charge in [-0.15, -0.1) is 0 Å². The SMILES string of the molecule is Oc1cc(-c2nc3c4c(nc(OC[C@@]56CCCN5C[C@H](F)C6)nc4c2F)N2C[C@H]4CC[C@H](N4)[C@H]2CO3)c2c(F)c(F)c(F)c(F)c2c1. The lowest BCUT2D eigenvalue weighted by molar-refractivity contribution is 0.107. The molecule has 2 N–H and O–H groups in total. The molecule has 4 fully saturated rings. The van der Waals surface area contributed by atoms with Crippen LogP contribution >= 0.6 is 0 Å². The molecule has 9 nitrogen and oxygen atoms in total. The van der Waals surface area contributed by atoms with Gasteiger partial charge in [0.25, 0.3) is 0 Å². The highest BCUT2D eigenvalue weighted by Crippen LogP contribution is 2.46. The van der Waals surface area contributed by atoms with Gasteiger partial charge in [-0.05, 0) is 44.4 Å². The second-order valence-corrected chi connectivity index (χ2v) is 13.2. The smallest absolute Gasteiger partial charge is 0.319 e. The highest BCUT2D eigenvalue weighted by atomic mass is 19.2. The molecule has 246 valence electrons. The van der Waals surface area contributed by atoms with Crippen molar-refractivity contribution in [2.24, 2.45) is 0 Å². The van der Waals surface area contributed by atoms with Crippen LogP contribution in [0, 0.1) is 29.1 Å². The molecule has 4 aromatic rings. The average molecular weight is 659 g/mol. The monoisotopic (exact) mass is 658 g/mol. The number of aromatic nitrogens is 3. The number of fused-ring (bicyclic) bond motifs is 7. The minimum Gasteiger partial charge on any atom is -0.508 e. The molecule has 5 aliphatic heterocycles. The molecule has 47 heavy (non-hydrogen) atoms. The number of anilines is 1. The minimum atomic E-state index is -2.10.